The SMILES string of the molecule is Cc1ccccc1C(NC(=O)CCc1c(Cl)cccc1Cl)c1ccccc1. The van der Waals surface area contributed by atoms with Crippen LogP contribution in [0.5, 0.6) is 0 Å². The van der Waals surface area contributed by atoms with Crippen molar-refractivity contribution in [2.24, 2.45) is 0 Å². The quantitative estimate of drug-likeness (QED) is 0.531. The second kappa shape index (κ2) is 9.07. The van der Waals surface area contributed by atoms with Crippen LogP contribution in [0, 0.1) is 6.92 Å². The van der Waals surface area contributed by atoms with Gasteiger partial charge in [0.25, 0.3) is 0 Å². The Morgan fingerprint density at radius 3 is 2.19 bits per heavy atom. The normalized spacial score (nSPS) is 11.8. The molecule has 0 spiro atoms. The number of hydrogen-bond donors (Lipinski definition) is 1. The summed E-state index contributed by atoms with van der Waals surface area (Å²) in [5.41, 5.74) is 4.09. The number of hydrogen-bond acceptors (Lipinski definition) is 1. The van der Waals surface area contributed by atoms with Gasteiger partial charge >= 0.3 is 0 Å². The van der Waals surface area contributed by atoms with Crippen molar-refractivity contribution in [3.8, 4) is 0 Å². The summed E-state index contributed by atoms with van der Waals surface area (Å²) < 4.78 is 0. The molecular formula is C23H21Cl2NO. The molecule has 0 saturated carbocycles. The van der Waals surface area contributed by atoms with E-state index in [0.29, 0.717) is 22.9 Å². The van der Waals surface area contributed by atoms with Gasteiger partial charge in [-0.05, 0) is 47.7 Å². The number of aryl methyl sites for hydroxylation is 1. The molecule has 27 heavy (non-hydrogen) atoms. The summed E-state index contributed by atoms with van der Waals surface area (Å²) in [6.07, 6.45) is 0.818. The van der Waals surface area contributed by atoms with Gasteiger partial charge in [-0.1, -0.05) is 83.9 Å². The van der Waals surface area contributed by atoms with Gasteiger partial charge in [0.15, 0.2) is 0 Å². The fourth-order valence-electron chi connectivity index (χ4n) is 3.14. The zero-order chi connectivity index (χ0) is 19.2. The zero-order valence-electron chi connectivity index (χ0n) is 15.1. The summed E-state index contributed by atoms with van der Waals surface area (Å²) in [5, 5.41) is 4.36. The molecule has 0 aromatic heterocycles. The first-order valence-corrected chi connectivity index (χ1v) is 9.64. The number of rotatable bonds is 6. The third kappa shape index (κ3) is 4.91. The van der Waals surface area contributed by atoms with Crippen molar-refractivity contribution in [1.29, 1.82) is 0 Å². The van der Waals surface area contributed by atoms with E-state index in [2.05, 4.69) is 24.4 Å². The first-order chi connectivity index (χ1) is 13.1. The minimum atomic E-state index is -0.193. The lowest BCUT2D eigenvalue weighted by atomic mass is 9.94. The second-order valence-corrected chi connectivity index (χ2v) is 7.28. The molecule has 0 aliphatic carbocycles. The summed E-state index contributed by atoms with van der Waals surface area (Å²) in [4.78, 5) is 12.7. The number of halogens is 2. The van der Waals surface area contributed by atoms with Crippen LogP contribution in [0.4, 0.5) is 0 Å². The van der Waals surface area contributed by atoms with Gasteiger partial charge in [-0.25, -0.2) is 0 Å². The molecule has 0 radical (unpaired) electrons. The fourth-order valence-corrected chi connectivity index (χ4v) is 3.73. The topological polar surface area (TPSA) is 29.1 Å². The van der Waals surface area contributed by atoms with Gasteiger partial charge in [0.2, 0.25) is 5.91 Å². The van der Waals surface area contributed by atoms with Gasteiger partial charge in [0.1, 0.15) is 0 Å². The van der Waals surface area contributed by atoms with E-state index in [-0.39, 0.29) is 11.9 Å². The third-order valence-corrected chi connectivity index (χ3v) is 5.31. The highest BCUT2D eigenvalue weighted by atomic mass is 35.5. The third-order valence-electron chi connectivity index (χ3n) is 4.60. The van der Waals surface area contributed by atoms with E-state index < -0.39 is 0 Å². The van der Waals surface area contributed by atoms with Gasteiger partial charge in [-0.3, -0.25) is 4.79 Å². The molecular weight excluding hydrogens is 377 g/mol. The van der Waals surface area contributed by atoms with Crippen LogP contribution in [0.25, 0.3) is 0 Å². The molecule has 2 nitrogen and oxygen atoms in total. The predicted octanol–water partition coefficient (Wildman–Crippen LogP) is 6.14. The van der Waals surface area contributed by atoms with Crippen LogP contribution in [-0.4, -0.2) is 5.91 Å². The maximum Gasteiger partial charge on any atom is 0.221 e. The predicted molar refractivity (Wildman–Crippen MR) is 112 cm³/mol. The van der Waals surface area contributed by atoms with Gasteiger partial charge in [0, 0.05) is 16.5 Å². The van der Waals surface area contributed by atoms with Crippen LogP contribution in [0.3, 0.4) is 0 Å². The fraction of sp³-hybridized carbons (Fsp3) is 0.174. The molecule has 138 valence electrons. The lowest BCUT2D eigenvalue weighted by Crippen LogP contribution is -2.30. The van der Waals surface area contributed by atoms with Gasteiger partial charge in [-0.2, -0.15) is 0 Å². The number of amides is 1. The molecule has 1 atom stereocenters. The minimum Gasteiger partial charge on any atom is -0.345 e. The number of carbonyl (C=O) groups is 1. The highest BCUT2D eigenvalue weighted by molar-refractivity contribution is 6.36. The van der Waals surface area contributed by atoms with Gasteiger partial charge < -0.3 is 5.32 Å². The van der Waals surface area contributed by atoms with Crippen molar-refractivity contribution in [2.75, 3.05) is 0 Å². The van der Waals surface area contributed by atoms with Crippen molar-refractivity contribution in [3.63, 3.8) is 0 Å². The Hall–Kier alpha value is -2.29. The summed E-state index contributed by atoms with van der Waals surface area (Å²) in [5.74, 6) is -0.0388. The number of benzene rings is 3. The van der Waals surface area contributed by atoms with Crippen molar-refractivity contribution in [2.45, 2.75) is 25.8 Å². The molecule has 3 rings (SSSR count). The molecule has 0 aliphatic rings. The molecule has 0 saturated heterocycles. The van der Waals surface area contributed by atoms with Crippen LogP contribution in [0.15, 0.2) is 72.8 Å². The zero-order valence-corrected chi connectivity index (χ0v) is 16.6. The highest BCUT2D eigenvalue weighted by Gasteiger charge is 2.18. The van der Waals surface area contributed by atoms with E-state index in [1.54, 1.807) is 18.2 Å². The van der Waals surface area contributed by atoms with E-state index in [0.717, 1.165) is 22.3 Å². The van der Waals surface area contributed by atoms with Gasteiger partial charge in [-0.15, -0.1) is 0 Å². The van der Waals surface area contributed by atoms with Crippen molar-refractivity contribution in [1.82, 2.24) is 5.32 Å². The average molecular weight is 398 g/mol. The Morgan fingerprint density at radius 2 is 1.52 bits per heavy atom. The maximum absolute atomic E-state index is 12.7. The molecule has 0 fully saturated rings. The van der Waals surface area contributed by atoms with E-state index >= 15 is 0 Å². The maximum atomic E-state index is 12.7. The molecule has 0 heterocycles. The molecule has 1 N–H and O–H groups in total. The van der Waals surface area contributed by atoms with E-state index in [1.165, 1.54) is 0 Å². The second-order valence-electron chi connectivity index (χ2n) is 6.47. The Bertz CT molecular complexity index is 904. The largest absolute Gasteiger partial charge is 0.345 e. The Balaban J connectivity index is 1.78. The Morgan fingerprint density at radius 1 is 0.889 bits per heavy atom. The smallest absolute Gasteiger partial charge is 0.221 e. The molecule has 3 aromatic carbocycles. The average Bonchev–Trinajstić information content (AvgIpc) is 2.67. The van der Waals surface area contributed by atoms with Crippen molar-refractivity contribution in [3.05, 3.63) is 105 Å². The lowest BCUT2D eigenvalue weighted by Gasteiger charge is -2.22. The summed E-state index contributed by atoms with van der Waals surface area (Å²) in [7, 11) is 0. The molecule has 0 bridgehead atoms. The first kappa shape index (κ1) is 19.5. The monoisotopic (exact) mass is 397 g/mol. The van der Waals surface area contributed by atoms with Crippen LogP contribution in [-0.2, 0) is 11.2 Å². The first-order valence-electron chi connectivity index (χ1n) is 8.89. The summed E-state index contributed by atoms with van der Waals surface area (Å²) >= 11 is 12.4. The van der Waals surface area contributed by atoms with Crippen LogP contribution in [0.1, 0.15) is 34.7 Å². The van der Waals surface area contributed by atoms with E-state index in [1.807, 2.05) is 42.5 Å². The molecule has 0 aliphatic heterocycles. The molecule has 1 amide bonds. The summed E-state index contributed by atoms with van der Waals surface area (Å²) in [6.45, 7) is 2.06. The number of nitrogens with one attached hydrogen (secondary N) is 1. The van der Waals surface area contributed by atoms with E-state index in [9.17, 15) is 4.79 Å². The standard InChI is InChI=1S/C23H21Cl2NO/c1-16-8-5-6-11-18(16)23(17-9-3-2-4-10-17)26-22(27)15-14-19-20(24)12-7-13-21(19)25/h2-13,23H,14-15H2,1H3,(H,26,27). The molecule has 3 aromatic rings. The summed E-state index contributed by atoms with van der Waals surface area (Å²) in [6, 6.07) is 23.3. The number of carbonyl (C=O) groups excluding carboxylic acids is 1. The van der Waals surface area contributed by atoms with Gasteiger partial charge in [0.05, 0.1) is 6.04 Å². The molecule has 1 unspecified atom stereocenters. The van der Waals surface area contributed by atoms with Crippen molar-refractivity contribution >= 4 is 29.1 Å². The highest BCUT2D eigenvalue weighted by Crippen LogP contribution is 2.27. The minimum absolute atomic E-state index is 0.0388. The van der Waals surface area contributed by atoms with Crippen LogP contribution >= 0.6 is 23.2 Å². The van der Waals surface area contributed by atoms with E-state index in [4.69, 9.17) is 23.2 Å². The Kier molecular flexibility index (Phi) is 6.54. The van der Waals surface area contributed by atoms with Crippen molar-refractivity contribution < 1.29 is 4.79 Å². The molecule has 4 heteroatoms. The van der Waals surface area contributed by atoms with Crippen LogP contribution in [0.2, 0.25) is 10.0 Å². The Labute approximate surface area is 170 Å². The van der Waals surface area contributed by atoms with Crippen LogP contribution < -0.4 is 5.32 Å². The lowest BCUT2D eigenvalue weighted by molar-refractivity contribution is -0.121.